The maximum atomic E-state index is 12.8. The van der Waals surface area contributed by atoms with Crippen molar-refractivity contribution in [3.63, 3.8) is 0 Å². The van der Waals surface area contributed by atoms with Crippen LogP contribution in [0.15, 0.2) is 0 Å². The fourth-order valence-corrected chi connectivity index (χ4v) is 3.04. The largest absolute Gasteiger partial charge is 0.417 e. The second-order valence-electron chi connectivity index (χ2n) is 4.39. The number of hydrogen-bond acceptors (Lipinski definition) is 2. The van der Waals surface area contributed by atoms with Crippen molar-refractivity contribution in [1.82, 2.24) is 0 Å². The molecule has 2 saturated carbocycles. The quantitative estimate of drug-likeness (QED) is 0.713. The van der Waals surface area contributed by atoms with Gasteiger partial charge in [0.1, 0.15) is 0 Å². The molecule has 2 nitrogen and oxygen atoms in total. The van der Waals surface area contributed by atoms with Gasteiger partial charge in [0.25, 0.3) is 0 Å². The van der Waals surface area contributed by atoms with Gasteiger partial charge >= 0.3 is 6.18 Å². The highest BCUT2D eigenvalue weighted by molar-refractivity contribution is 5.10. The van der Waals surface area contributed by atoms with Crippen LogP contribution >= 0.6 is 0 Å². The lowest BCUT2D eigenvalue weighted by molar-refractivity contribution is -0.287. The van der Waals surface area contributed by atoms with Crippen LogP contribution in [0.25, 0.3) is 0 Å². The van der Waals surface area contributed by atoms with E-state index in [0.717, 1.165) is 7.11 Å². The van der Waals surface area contributed by atoms with E-state index in [-0.39, 0.29) is 18.4 Å². The first-order valence-electron chi connectivity index (χ1n) is 4.78. The van der Waals surface area contributed by atoms with E-state index in [1.54, 1.807) is 0 Å². The highest BCUT2D eigenvalue weighted by atomic mass is 19.4. The van der Waals surface area contributed by atoms with Gasteiger partial charge in [0.2, 0.25) is 0 Å². The molecule has 0 heterocycles. The van der Waals surface area contributed by atoms with E-state index >= 15 is 0 Å². The van der Waals surface area contributed by atoms with Crippen LogP contribution in [-0.4, -0.2) is 24.9 Å². The lowest BCUT2D eigenvalue weighted by Gasteiger charge is -2.39. The van der Waals surface area contributed by atoms with Crippen LogP contribution in [0.3, 0.4) is 0 Å². The first-order valence-corrected chi connectivity index (χ1v) is 4.78. The summed E-state index contributed by atoms with van der Waals surface area (Å²) in [5, 5.41) is 0. The third kappa shape index (κ3) is 1.11. The van der Waals surface area contributed by atoms with Gasteiger partial charge in [-0.05, 0) is 31.1 Å². The van der Waals surface area contributed by atoms with Crippen LogP contribution in [0.4, 0.5) is 13.2 Å². The Bertz CT molecular complexity index is 241. The molecule has 14 heavy (non-hydrogen) atoms. The van der Waals surface area contributed by atoms with E-state index in [9.17, 15) is 13.2 Å². The topological polar surface area (TPSA) is 35.2 Å². The van der Waals surface area contributed by atoms with Gasteiger partial charge in [0.05, 0.1) is 0 Å². The second-order valence-corrected chi connectivity index (χ2v) is 4.39. The predicted molar refractivity (Wildman–Crippen MR) is 44.6 cm³/mol. The lowest BCUT2D eigenvalue weighted by atomic mass is 9.81. The van der Waals surface area contributed by atoms with E-state index in [1.165, 1.54) is 0 Å². The minimum atomic E-state index is -4.26. The van der Waals surface area contributed by atoms with Crippen molar-refractivity contribution < 1.29 is 17.9 Å². The number of hydrogen-bond donors (Lipinski definition) is 1. The summed E-state index contributed by atoms with van der Waals surface area (Å²) in [6, 6.07) is -0.0642. The molecule has 4 atom stereocenters. The molecule has 0 aromatic rings. The van der Waals surface area contributed by atoms with Crippen molar-refractivity contribution in [2.75, 3.05) is 7.11 Å². The molecule has 2 fully saturated rings. The maximum absolute atomic E-state index is 12.8. The zero-order valence-electron chi connectivity index (χ0n) is 7.97. The standard InChI is InChI=1S/C9H14F3NO/c1-14-8(9(10,11)12)4-5-2-6(8)3-7(5)13/h5-7H,2-4,13H2,1H3/t5-,6-,7+,8-/m0/s1. The molecular formula is C9H14F3NO. The SMILES string of the molecule is CO[C@@]1(C(F)(F)F)C[C@@H]2C[C@H]1C[C@H]2N. The molecule has 0 aromatic heterocycles. The molecule has 0 spiro atoms. The molecular weight excluding hydrogens is 195 g/mol. The third-order valence-corrected chi connectivity index (χ3v) is 3.82. The number of methoxy groups -OCH3 is 1. The molecule has 0 aliphatic heterocycles. The summed E-state index contributed by atoms with van der Waals surface area (Å²) < 4.78 is 43.3. The second kappa shape index (κ2) is 2.85. The third-order valence-electron chi connectivity index (χ3n) is 3.82. The summed E-state index contributed by atoms with van der Waals surface area (Å²) >= 11 is 0. The highest BCUT2D eigenvalue weighted by Gasteiger charge is 2.67. The van der Waals surface area contributed by atoms with Crippen molar-refractivity contribution in [3.8, 4) is 0 Å². The molecule has 2 bridgehead atoms. The first kappa shape index (κ1) is 10.2. The van der Waals surface area contributed by atoms with Crippen LogP contribution in [0.2, 0.25) is 0 Å². The molecule has 2 aliphatic carbocycles. The van der Waals surface area contributed by atoms with Gasteiger partial charge < -0.3 is 10.5 Å². The van der Waals surface area contributed by atoms with Crippen LogP contribution in [0.5, 0.6) is 0 Å². The molecule has 2 aliphatic rings. The van der Waals surface area contributed by atoms with Gasteiger partial charge in [-0.2, -0.15) is 13.2 Å². The predicted octanol–water partition coefficient (Wildman–Crippen LogP) is 1.69. The normalized spacial score (nSPS) is 47.4. The van der Waals surface area contributed by atoms with Crippen molar-refractivity contribution in [1.29, 1.82) is 0 Å². The van der Waals surface area contributed by atoms with E-state index in [1.807, 2.05) is 0 Å². The number of ether oxygens (including phenoxy) is 1. The molecule has 2 N–H and O–H groups in total. The Morgan fingerprint density at radius 3 is 2.29 bits per heavy atom. The zero-order chi connectivity index (χ0) is 10.6. The molecule has 2 rings (SSSR count). The van der Waals surface area contributed by atoms with E-state index in [4.69, 9.17) is 10.5 Å². The van der Waals surface area contributed by atoms with Crippen LogP contribution in [-0.2, 0) is 4.74 Å². The average molecular weight is 209 g/mol. The summed E-state index contributed by atoms with van der Waals surface area (Å²) in [5.41, 5.74) is 3.81. The summed E-state index contributed by atoms with van der Waals surface area (Å²) in [6.07, 6.45) is -3.22. The van der Waals surface area contributed by atoms with Gasteiger partial charge in [0.15, 0.2) is 5.60 Å². The highest BCUT2D eigenvalue weighted by Crippen LogP contribution is 2.57. The maximum Gasteiger partial charge on any atom is 0.417 e. The zero-order valence-corrected chi connectivity index (χ0v) is 7.97. The number of alkyl halides is 3. The summed E-state index contributed by atoms with van der Waals surface area (Å²) in [7, 11) is 1.15. The van der Waals surface area contributed by atoms with Gasteiger partial charge in [-0.15, -0.1) is 0 Å². The van der Waals surface area contributed by atoms with Crippen LogP contribution < -0.4 is 5.73 Å². The van der Waals surface area contributed by atoms with Crippen molar-refractivity contribution in [2.24, 2.45) is 17.6 Å². The molecule has 5 heteroatoms. The molecule has 0 amide bonds. The number of halogens is 3. The molecule has 0 saturated heterocycles. The molecule has 0 aromatic carbocycles. The molecule has 0 radical (unpaired) electrons. The van der Waals surface area contributed by atoms with Crippen molar-refractivity contribution in [2.45, 2.75) is 37.1 Å². The van der Waals surface area contributed by atoms with E-state index < -0.39 is 17.7 Å². The fraction of sp³-hybridized carbons (Fsp3) is 1.00. The Hall–Kier alpha value is -0.290. The minimum Gasteiger partial charge on any atom is -0.368 e. The summed E-state index contributed by atoms with van der Waals surface area (Å²) in [5.74, 6) is -0.450. The number of rotatable bonds is 1. The average Bonchev–Trinajstić information content (AvgIpc) is 2.58. The smallest absolute Gasteiger partial charge is 0.368 e. The summed E-state index contributed by atoms with van der Waals surface area (Å²) in [4.78, 5) is 0. The fourth-order valence-electron chi connectivity index (χ4n) is 3.04. The minimum absolute atomic E-state index is 0.0124. The Labute approximate surface area is 80.6 Å². The van der Waals surface area contributed by atoms with Crippen molar-refractivity contribution >= 4 is 0 Å². The Balaban J connectivity index is 2.26. The Morgan fingerprint density at radius 1 is 1.36 bits per heavy atom. The lowest BCUT2D eigenvalue weighted by Crippen LogP contribution is -2.53. The van der Waals surface area contributed by atoms with Crippen LogP contribution in [0.1, 0.15) is 19.3 Å². The Morgan fingerprint density at radius 2 is 2.00 bits per heavy atom. The van der Waals surface area contributed by atoms with E-state index in [2.05, 4.69) is 0 Å². The monoisotopic (exact) mass is 209 g/mol. The van der Waals surface area contributed by atoms with Gasteiger partial charge in [-0.3, -0.25) is 0 Å². The van der Waals surface area contributed by atoms with Gasteiger partial charge in [-0.25, -0.2) is 0 Å². The van der Waals surface area contributed by atoms with Gasteiger partial charge in [0, 0.05) is 13.2 Å². The first-order chi connectivity index (χ1) is 6.40. The van der Waals surface area contributed by atoms with E-state index in [0.29, 0.717) is 12.8 Å². The molecule has 0 unspecified atom stereocenters. The Kier molecular flexibility index (Phi) is 2.09. The summed E-state index contributed by atoms with van der Waals surface area (Å²) in [6.45, 7) is 0. The number of nitrogens with two attached hydrogens (primary N) is 1. The van der Waals surface area contributed by atoms with Gasteiger partial charge in [-0.1, -0.05) is 0 Å². The number of fused-ring (bicyclic) bond motifs is 2. The van der Waals surface area contributed by atoms with Crippen LogP contribution in [0, 0.1) is 11.8 Å². The van der Waals surface area contributed by atoms with Crippen molar-refractivity contribution in [3.05, 3.63) is 0 Å². The molecule has 82 valence electrons.